The van der Waals surface area contributed by atoms with Gasteiger partial charge >= 0.3 is 5.97 Å². The van der Waals surface area contributed by atoms with Crippen molar-refractivity contribution in [2.75, 3.05) is 12.4 Å². The highest BCUT2D eigenvalue weighted by Gasteiger charge is 2.20. The number of ether oxygens (including phenoxy) is 1. The number of rotatable bonds is 3. The van der Waals surface area contributed by atoms with Gasteiger partial charge < -0.3 is 10.1 Å². The van der Waals surface area contributed by atoms with Crippen molar-refractivity contribution in [3.63, 3.8) is 0 Å². The number of imidazole rings is 1. The lowest BCUT2D eigenvalue weighted by molar-refractivity contribution is 0.0601. The molecule has 0 bridgehead atoms. The van der Waals surface area contributed by atoms with Crippen LogP contribution in [-0.4, -0.2) is 22.5 Å². The van der Waals surface area contributed by atoms with Gasteiger partial charge in [-0.1, -0.05) is 28.1 Å². The zero-order valence-corrected chi connectivity index (χ0v) is 15.9. The Morgan fingerprint density at radius 1 is 1.15 bits per heavy atom. The van der Waals surface area contributed by atoms with Gasteiger partial charge in [-0.05, 0) is 55.0 Å². The summed E-state index contributed by atoms with van der Waals surface area (Å²) in [6.45, 7) is 1.89. The Hall–Kier alpha value is -2.86. The molecule has 2 aromatic heterocycles. The second-order valence-electron chi connectivity index (χ2n) is 5.97. The molecule has 0 aliphatic carbocycles. The van der Waals surface area contributed by atoms with Gasteiger partial charge in [0.1, 0.15) is 11.4 Å². The fourth-order valence-electron chi connectivity index (χ4n) is 3.08. The van der Waals surface area contributed by atoms with Crippen LogP contribution in [0.2, 0.25) is 0 Å². The molecule has 2 aromatic carbocycles. The number of carbonyl (C=O) groups is 1. The first-order chi connectivity index (χ1) is 12.6. The zero-order valence-electron chi connectivity index (χ0n) is 14.3. The predicted molar refractivity (Wildman–Crippen MR) is 106 cm³/mol. The molecule has 2 heterocycles. The summed E-state index contributed by atoms with van der Waals surface area (Å²) in [6, 6.07) is 17.7. The molecule has 0 atom stereocenters. The highest BCUT2D eigenvalue weighted by atomic mass is 79.9. The van der Waals surface area contributed by atoms with Crippen LogP contribution in [0, 0.1) is 6.92 Å². The summed E-state index contributed by atoms with van der Waals surface area (Å²) in [5.41, 5.74) is 4.55. The van der Waals surface area contributed by atoms with E-state index < -0.39 is 5.97 Å². The number of carbonyl (C=O) groups excluding carboxylic acids is 1. The summed E-state index contributed by atoms with van der Waals surface area (Å²) in [4.78, 5) is 17.0. The quantitative estimate of drug-likeness (QED) is 0.478. The highest BCUT2D eigenvalue weighted by Crippen LogP contribution is 2.29. The molecule has 1 N–H and O–H groups in total. The number of para-hydroxylation sites is 2. The van der Waals surface area contributed by atoms with Crippen LogP contribution >= 0.6 is 15.9 Å². The lowest BCUT2D eigenvalue weighted by atomic mass is 10.1. The van der Waals surface area contributed by atoms with E-state index in [1.165, 1.54) is 7.11 Å². The number of anilines is 2. The molecule has 4 aromatic rings. The average Bonchev–Trinajstić information content (AvgIpc) is 3.02. The van der Waals surface area contributed by atoms with Crippen molar-refractivity contribution in [3.05, 3.63) is 70.2 Å². The van der Waals surface area contributed by atoms with E-state index in [-0.39, 0.29) is 0 Å². The summed E-state index contributed by atoms with van der Waals surface area (Å²) in [7, 11) is 1.38. The van der Waals surface area contributed by atoms with E-state index in [4.69, 9.17) is 4.74 Å². The third kappa shape index (κ3) is 2.72. The molecule has 26 heavy (non-hydrogen) atoms. The van der Waals surface area contributed by atoms with Gasteiger partial charge in [0.05, 0.1) is 18.1 Å². The monoisotopic (exact) mass is 409 g/mol. The maximum Gasteiger partial charge on any atom is 0.341 e. The van der Waals surface area contributed by atoms with E-state index in [1.54, 1.807) is 0 Å². The van der Waals surface area contributed by atoms with E-state index in [0.29, 0.717) is 11.2 Å². The van der Waals surface area contributed by atoms with E-state index in [2.05, 4.69) is 26.2 Å². The number of halogens is 1. The molecule has 130 valence electrons. The van der Waals surface area contributed by atoms with Crippen molar-refractivity contribution in [3.8, 4) is 0 Å². The van der Waals surface area contributed by atoms with Crippen LogP contribution in [0.15, 0.2) is 59.1 Å². The summed E-state index contributed by atoms with van der Waals surface area (Å²) in [5.74, 6) is 0.444. The molecule has 0 aliphatic heterocycles. The summed E-state index contributed by atoms with van der Waals surface area (Å²) in [5, 5.41) is 3.43. The van der Waals surface area contributed by atoms with Gasteiger partial charge in [0, 0.05) is 10.2 Å². The van der Waals surface area contributed by atoms with Crippen molar-refractivity contribution < 1.29 is 9.53 Å². The summed E-state index contributed by atoms with van der Waals surface area (Å²) < 4.78 is 7.94. The van der Waals surface area contributed by atoms with E-state index >= 15 is 0 Å². The normalized spacial score (nSPS) is 11.0. The lowest BCUT2D eigenvalue weighted by Gasteiger charge is -2.14. The van der Waals surface area contributed by atoms with Crippen LogP contribution in [0.5, 0.6) is 0 Å². The van der Waals surface area contributed by atoms with E-state index in [1.807, 2.05) is 65.9 Å². The molecule has 0 saturated carbocycles. The second kappa shape index (κ2) is 6.46. The van der Waals surface area contributed by atoms with Crippen molar-refractivity contribution in [2.45, 2.75) is 6.92 Å². The van der Waals surface area contributed by atoms with Crippen LogP contribution in [0.3, 0.4) is 0 Å². The summed E-state index contributed by atoms with van der Waals surface area (Å²) >= 11 is 3.45. The number of aryl methyl sites for hydroxylation is 1. The number of fused-ring (bicyclic) bond motifs is 3. The fraction of sp³-hybridized carbons (Fsp3) is 0.100. The minimum Gasteiger partial charge on any atom is -0.465 e. The summed E-state index contributed by atoms with van der Waals surface area (Å²) in [6.07, 6.45) is 0. The number of nitrogens with zero attached hydrogens (tertiary/aromatic N) is 2. The molecule has 5 nitrogen and oxygen atoms in total. The Balaban J connectivity index is 2.00. The fourth-order valence-corrected chi connectivity index (χ4v) is 3.35. The van der Waals surface area contributed by atoms with Gasteiger partial charge in [-0.2, -0.15) is 0 Å². The van der Waals surface area contributed by atoms with Crippen LogP contribution < -0.4 is 5.32 Å². The maximum atomic E-state index is 12.3. The van der Waals surface area contributed by atoms with Crippen molar-refractivity contribution in [2.24, 2.45) is 0 Å². The van der Waals surface area contributed by atoms with Crippen LogP contribution in [0.4, 0.5) is 11.5 Å². The van der Waals surface area contributed by atoms with Crippen molar-refractivity contribution in [1.82, 2.24) is 9.38 Å². The van der Waals surface area contributed by atoms with Crippen LogP contribution in [0.1, 0.15) is 15.9 Å². The largest absolute Gasteiger partial charge is 0.465 e. The maximum absolute atomic E-state index is 12.3. The molecule has 0 radical (unpaired) electrons. The number of methoxy groups -OCH3 is 1. The second-order valence-corrected chi connectivity index (χ2v) is 6.89. The molecule has 6 heteroatoms. The topological polar surface area (TPSA) is 55.6 Å². The number of hydrogen-bond acceptors (Lipinski definition) is 4. The third-order valence-corrected chi connectivity index (χ3v) is 4.81. The van der Waals surface area contributed by atoms with Crippen molar-refractivity contribution in [1.29, 1.82) is 0 Å². The van der Waals surface area contributed by atoms with E-state index in [9.17, 15) is 4.79 Å². The van der Waals surface area contributed by atoms with E-state index in [0.717, 1.165) is 32.6 Å². The smallest absolute Gasteiger partial charge is 0.341 e. The van der Waals surface area contributed by atoms with Crippen LogP contribution in [-0.2, 0) is 4.74 Å². The Labute approximate surface area is 158 Å². The predicted octanol–water partition coefficient (Wildman–Crippen LogP) is 5.09. The zero-order chi connectivity index (χ0) is 18.3. The number of hydrogen-bond donors (Lipinski definition) is 1. The molecule has 0 amide bonds. The molecule has 0 aliphatic rings. The molecule has 0 spiro atoms. The van der Waals surface area contributed by atoms with Gasteiger partial charge in [-0.3, -0.25) is 4.40 Å². The first-order valence-corrected chi connectivity index (χ1v) is 8.89. The Bertz CT molecular complexity index is 1130. The van der Waals surface area contributed by atoms with Gasteiger partial charge in [0.25, 0.3) is 0 Å². The van der Waals surface area contributed by atoms with Crippen molar-refractivity contribution >= 4 is 50.1 Å². The standard InChI is InChI=1S/C20H16BrN3O2/c1-12-11-17(22-14-9-7-13(21)8-10-14)24-16-6-4-3-5-15(16)23-19(24)18(12)20(25)26-2/h3-11,22H,1-2H3. The molecule has 0 saturated heterocycles. The average molecular weight is 410 g/mol. The lowest BCUT2D eigenvalue weighted by Crippen LogP contribution is -2.09. The number of nitrogens with one attached hydrogen (secondary N) is 1. The third-order valence-electron chi connectivity index (χ3n) is 4.28. The molecule has 4 rings (SSSR count). The Morgan fingerprint density at radius 2 is 1.88 bits per heavy atom. The van der Waals surface area contributed by atoms with Gasteiger partial charge in [0.15, 0.2) is 5.65 Å². The molecular weight excluding hydrogens is 394 g/mol. The number of esters is 1. The minimum atomic E-state index is -0.391. The first kappa shape index (κ1) is 16.6. The highest BCUT2D eigenvalue weighted by molar-refractivity contribution is 9.10. The van der Waals surface area contributed by atoms with Crippen LogP contribution in [0.25, 0.3) is 16.7 Å². The minimum absolute atomic E-state index is 0.391. The first-order valence-electron chi connectivity index (χ1n) is 8.10. The Kier molecular flexibility index (Phi) is 4.12. The number of aromatic nitrogens is 2. The number of pyridine rings is 1. The molecule has 0 fully saturated rings. The number of benzene rings is 2. The van der Waals surface area contributed by atoms with Gasteiger partial charge in [0.2, 0.25) is 0 Å². The SMILES string of the molecule is COC(=O)c1c(C)cc(Nc2ccc(Br)cc2)n2c1nc1ccccc12. The van der Waals surface area contributed by atoms with Gasteiger partial charge in [-0.15, -0.1) is 0 Å². The Morgan fingerprint density at radius 3 is 2.62 bits per heavy atom. The van der Waals surface area contributed by atoms with Gasteiger partial charge in [-0.25, -0.2) is 9.78 Å². The molecular formula is C20H16BrN3O2. The molecule has 0 unspecified atom stereocenters.